The third-order valence-corrected chi connectivity index (χ3v) is 5.80. The molecule has 0 bridgehead atoms. The Balaban J connectivity index is 0.00000161. The van der Waals surface area contributed by atoms with Crippen molar-refractivity contribution in [2.24, 2.45) is 11.8 Å². The van der Waals surface area contributed by atoms with Gasteiger partial charge in [-0.05, 0) is 31.0 Å². The maximum absolute atomic E-state index is 13.6. The average molecular weight is 343 g/mol. The van der Waals surface area contributed by atoms with Crippen molar-refractivity contribution in [3.63, 3.8) is 0 Å². The molecule has 9 heteroatoms. The lowest BCUT2D eigenvalue weighted by Gasteiger charge is -2.18. The normalized spacial score (nSPS) is 25.7. The van der Waals surface area contributed by atoms with Gasteiger partial charge in [0, 0.05) is 19.2 Å². The zero-order valence-electron chi connectivity index (χ0n) is 10.9. The molecule has 0 aromatic heterocycles. The highest BCUT2D eigenvalue weighted by Crippen LogP contribution is 2.32. The van der Waals surface area contributed by atoms with E-state index in [-0.39, 0.29) is 43.4 Å². The van der Waals surface area contributed by atoms with Crippen molar-refractivity contribution in [1.29, 1.82) is 0 Å². The van der Waals surface area contributed by atoms with Crippen molar-refractivity contribution in [2.45, 2.75) is 4.90 Å². The van der Waals surface area contributed by atoms with E-state index in [1.165, 1.54) is 0 Å². The fourth-order valence-corrected chi connectivity index (χ4v) is 4.46. The Labute approximate surface area is 126 Å². The van der Waals surface area contributed by atoms with Gasteiger partial charge in [0.15, 0.2) is 11.6 Å². The van der Waals surface area contributed by atoms with Gasteiger partial charge in [0.2, 0.25) is 10.0 Å². The number of nitrogens with one attached hydrogen (secondary N) is 1. The van der Waals surface area contributed by atoms with Crippen LogP contribution in [0.25, 0.3) is 0 Å². The Kier molecular flexibility index (Phi) is 4.53. The Bertz CT molecular complexity index is 644. The smallest absolute Gasteiger partial charge is 0.246 e. The van der Waals surface area contributed by atoms with Crippen LogP contribution in [0, 0.1) is 29.3 Å². The summed E-state index contributed by atoms with van der Waals surface area (Å²) in [5.74, 6) is -3.65. The molecule has 0 unspecified atom stereocenters. The Hall–Kier alpha value is -0.830. The van der Waals surface area contributed by atoms with Crippen LogP contribution in [-0.4, -0.2) is 38.9 Å². The van der Waals surface area contributed by atoms with Gasteiger partial charge in [-0.3, -0.25) is 0 Å². The van der Waals surface area contributed by atoms with E-state index < -0.39 is 32.4 Å². The largest absolute Gasteiger partial charge is 0.316 e. The summed E-state index contributed by atoms with van der Waals surface area (Å²) in [6.07, 6.45) is 0. The van der Waals surface area contributed by atoms with Crippen molar-refractivity contribution >= 4 is 22.4 Å². The summed E-state index contributed by atoms with van der Waals surface area (Å²) < 4.78 is 65.5. The Morgan fingerprint density at radius 3 is 2.10 bits per heavy atom. The molecule has 1 N–H and O–H groups in total. The highest BCUT2D eigenvalue weighted by Gasteiger charge is 2.42. The van der Waals surface area contributed by atoms with E-state index in [1.54, 1.807) is 0 Å². The highest BCUT2D eigenvalue weighted by molar-refractivity contribution is 7.89. The molecular formula is C12H14ClF3N2O2S. The first-order valence-corrected chi connectivity index (χ1v) is 7.69. The van der Waals surface area contributed by atoms with Gasteiger partial charge in [-0.25, -0.2) is 21.6 Å². The van der Waals surface area contributed by atoms with Crippen molar-refractivity contribution in [3.8, 4) is 0 Å². The van der Waals surface area contributed by atoms with Crippen molar-refractivity contribution in [2.75, 3.05) is 26.2 Å². The molecule has 21 heavy (non-hydrogen) atoms. The van der Waals surface area contributed by atoms with Crippen molar-refractivity contribution in [1.82, 2.24) is 9.62 Å². The van der Waals surface area contributed by atoms with E-state index in [4.69, 9.17) is 0 Å². The quantitative estimate of drug-likeness (QED) is 0.826. The minimum atomic E-state index is -4.13. The first-order chi connectivity index (χ1) is 9.39. The van der Waals surface area contributed by atoms with Gasteiger partial charge in [0.05, 0.1) is 0 Å². The maximum Gasteiger partial charge on any atom is 0.246 e. The summed E-state index contributed by atoms with van der Waals surface area (Å²) >= 11 is 0. The van der Waals surface area contributed by atoms with Crippen LogP contribution in [-0.2, 0) is 10.0 Å². The first-order valence-electron chi connectivity index (χ1n) is 6.25. The van der Waals surface area contributed by atoms with E-state index in [2.05, 4.69) is 5.32 Å². The van der Waals surface area contributed by atoms with Crippen LogP contribution in [0.3, 0.4) is 0 Å². The van der Waals surface area contributed by atoms with Crippen LogP contribution >= 0.6 is 12.4 Å². The van der Waals surface area contributed by atoms with E-state index in [0.29, 0.717) is 6.07 Å². The SMILES string of the molecule is Cl.O=S(=O)(c1cc(F)c(F)cc1F)N1C[C@H]2CNC[C@H]2C1. The molecule has 2 heterocycles. The molecule has 1 aromatic rings. The van der Waals surface area contributed by atoms with E-state index in [9.17, 15) is 21.6 Å². The number of benzene rings is 1. The monoisotopic (exact) mass is 342 g/mol. The zero-order valence-corrected chi connectivity index (χ0v) is 12.5. The topological polar surface area (TPSA) is 49.4 Å². The second-order valence-electron chi connectivity index (χ2n) is 5.20. The molecule has 0 saturated carbocycles. The average Bonchev–Trinajstić information content (AvgIpc) is 2.94. The van der Waals surface area contributed by atoms with Crippen LogP contribution < -0.4 is 5.32 Å². The third-order valence-electron chi connectivity index (χ3n) is 3.95. The Morgan fingerprint density at radius 2 is 1.52 bits per heavy atom. The fourth-order valence-electron chi connectivity index (χ4n) is 2.85. The van der Waals surface area contributed by atoms with E-state index in [1.807, 2.05) is 0 Å². The van der Waals surface area contributed by atoms with Gasteiger partial charge in [0.1, 0.15) is 10.7 Å². The van der Waals surface area contributed by atoms with Gasteiger partial charge in [-0.15, -0.1) is 12.4 Å². The third kappa shape index (κ3) is 2.77. The molecule has 4 nitrogen and oxygen atoms in total. The van der Waals surface area contributed by atoms with Crippen molar-refractivity contribution in [3.05, 3.63) is 29.6 Å². The fraction of sp³-hybridized carbons (Fsp3) is 0.500. The van der Waals surface area contributed by atoms with Gasteiger partial charge in [-0.1, -0.05) is 0 Å². The van der Waals surface area contributed by atoms with Crippen LogP contribution in [0.1, 0.15) is 0 Å². The lowest BCUT2D eigenvalue weighted by molar-refractivity contribution is 0.437. The number of halogens is 4. The summed E-state index contributed by atoms with van der Waals surface area (Å²) in [4.78, 5) is -0.802. The van der Waals surface area contributed by atoms with Gasteiger partial charge >= 0.3 is 0 Å². The molecule has 0 amide bonds. The van der Waals surface area contributed by atoms with Crippen LogP contribution in [0.15, 0.2) is 17.0 Å². The van der Waals surface area contributed by atoms with Gasteiger partial charge < -0.3 is 5.32 Å². The minimum Gasteiger partial charge on any atom is -0.316 e. The highest BCUT2D eigenvalue weighted by atomic mass is 35.5. The molecular weight excluding hydrogens is 329 g/mol. The van der Waals surface area contributed by atoms with Crippen LogP contribution in [0.2, 0.25) is 0 Å². The molecule has 0 spiro atoms. The van der Waals surface area contributed by atoms with E-state index in [0.717, 1.165) is 17.4 Å². The van der Waals surface area contributed by atoms with Crippen LogP contribution in [0.5, 0.6) is 0 Å². The summed E-state index contributed by atoms with van der Waals surface area (Å²) in [6, 6.07) is 0.674. The second kappa shape index (κ2) is 5.75. The summed E-state index contributed by atoms with van der Waals surface area (Å²) in [6.45, 7) is 1.99. The summed E-state index contributed by atoms with van der Waals surface area (Å²) in [5.41, 5.74) is 0. The molecule has 1 aromatic carbocycles. The standard InChI is InChI=1S/C12H13F3N2O2S.ClH/c13-9-1-11(15)12(2-10(9)14)20(18,19)17-5-7-3-16-4-8(7)6-17;/h1-2,7-8,16H,3-6H2;1H/t7-,8+;. The lowest BCUT2D eigenvalue weighted by Crippen LogP contribution is -2.32. The number of rotatable bonds is 2. The zero-order chi connectivity index (χ0) is 14.5. The predicted molar refractivity (Wildman–Crippen MR) is 72.2 cm³/mol. The Morgan fingerprint density at radius 1 is 1.00 bits per heavy atom. The molecule has 2 aliphatic rings. The molecule has 2 atom stereocenters. The number of fused-ring (bicyclic) bond motifs is 1. The molecule has 2 aliphatic heterocycles. The summed E-state index contributed by atoms with van der Waals surface area (Å²) in [7, 11) is -4.13. The maximum atomic E-state index is 13.6. The molecule has 0 aliphatic carbocycles. The number of hydrogen-bond donors (Lipinski definition) is 1. The van der Waals surface area contributed by atoms with E-state index >= 15 is 0 Å². The molecule has 118 valence electrons. The number of sulfonamides is 1. The van der Waals surface area contributed by atoms with Gasteiger partial charge in [0.25, 0.3) is 0 Å². The molecule has 2 saturated heterocycles. The minimum absolute atomic E-state index is 0. The van der Waals surface area contributed by atoms with Crippen molar-refractivity contribution < 1.29 is 21.6 Å². The van der Waals surface area contributed by atoms with Gasteiger partial charge in [-0.2, -0.15) is 4.31 Å². The first kappa shape index (κ1) is 16.5. The lowest BCUT2D eigenvalue weighted by atomic mass is 10.0. The molecule has 3 rings (SSSR count). The predicted octanol–water partition coefficient (Wildman–Crippen LogP) is 1.37. The second-order valence-corrected chi connectivity index (χ2v) is 7.10. The molecule has 2 fully saturated rings. The summed E-state index contributed by atoms with van der Waals surface area (Å²) in [5, 5.41) is 3.16. The van der Waals surface area contributed by atoms with Crippen LogP contribution in [0.4, 0.5) is 13.2 Å². The number of hydrogen-bond acceptors (Lipinski definition) is 3. The number of nitrogens with zero attached hydrogens (tertiary/aromatic N) is 1. The molecule has 0 radical (unpaired) electrons.